The first-order chi connectivity index (χ1) is 10.4. The maximum Gasteiger partial charge on any atom is 0.198 e. The van der Waals surface area contributed by atoms with Gasteiger partial charge in [-0.1, -0.05) is 67.9 Å². The quantitative estimate of drug-likeness (QED) is 0.730. The van der Waals surface area contributed by atoms with Crippen LogP contribution in [0.2, 0.25) is 0 Å². The number of carbonyl (C=O) groups is 1. The van der Waals surface area contributed by atoms with Gasteiger partial charge in [-0.15, -0.1) is 0 Å². The summed E-state index contributed by atoms with van der Waals surface area (Å²) in [5.74, 6) is 0.146. The van der Waals surface area contributed by atoms with Crippen LogP contribution in [0.25, 0.3) is 0 Å². The number of benzene rings is 2. The van der Waals surface area contributed by atoms with Gasteiger partial charge in [0.2, 0.25) is 0 Å². The second-order valence-electron chi connectivity index (χ2n) is 7.23. The van der Waals surface area contributed by atoms with Crippen molar-refractivity contribution < 1.29 is 9.53 Å². The smallest absolute Gasteiger partial charge is 0.198 e. The van der Waals surface area contributed by atoms with Crippen LogP contribution in [-0.2, 0) is 10.2 Å². The number of ether oxygens (including phenoxy) is 1. The van der Waals surface area contributed by atoms with Crippen molar-refractivity contribution in [2.24, 2.45) is 0 Å². The molecule has 2 aliphatic rings. The van der Waals surface area contributed by atoms with E-state index in [9.17, 15) is 4.79 Å². The van der Waals surface area contributed by atoms with E-state index >= 15 is 0 Å². The molecule has 1 heterocycles. The highest BCUT2D eigenvalue weighted by Crippen LogP contribution is 2.60. The Kier molecular flexibility index (Phi) is 2.68. The van der Waals surface area contributed by atoms with E-state index in [1.807, 2.05) is 18.2 Å². The molecule has 1 saturated heterocycles. The molecule has 1 spiro atoms. The first-order valence-electron chi connectivity index (χ1n) is 7.83. The highest BCUT2D eigenvalue weighted by Gasteiger charge is 2.66. The number of aryl methyl sites for hydroxylation is 1. The van der Waals surface area contributed by atoms with Crippen molar-refractivity contribution in [3.63, 3.8) is 0 Å². The fourth-order valence-corrected chi connectivity index (χ4v) is 3.89. The fraction of sp³-hybridized carbons (Fsp3) is 0.350. The average Bonchev–Trinajstić information content (AvgIpc) is 3.20. The van der Waals surface area contributed by atoms with Crippen molar-refractivity contribution in [1.29, 1.82) is 0 Å². The molecule has 0 aromatic heterocycles. The van der Waals surface area contributed by atoms with Crippen LogP contribution in [0.1, 0.15) is 53.4 Å². The van der Waals surface area contributed by atoms with E-state index in [-0.39, 0.29) is 17.3 Å². The molecule has 2 aromatic rings. The maximum atomic E-state index is 13.0. The molecule has 0 amide bonds. The van der Waals surface area contributed by atoms with Crippen molar-refractivity contribution in [2.75, 3.05) is 0 Å². The van der Waals surface area contributed by atoms with Gasteiger partial charge in [-0.3, -0.25) is 4.79 Å². The summed E-state index contributed by atoms with van der Waals surface area (Å²) < 4.78 is 6.03. The number of Topliss-reactive ketones (excluding diaryl/α,β-unsaturated/α-hetero) is 1. The van der Waals surface area contributed by atoms with E-state index in [2.05, 4.69) is 51.1 Å². The lowest BCUT2D eigenvalue weighted by atomic mass is 9.66. The minimum atomic E-state index is -0.660. The molecule has 1 aliphatic carbocycles. The molecule has 0 radical (unpaired) electrons. The highest BCUT2D eigenvalue weighted by molar-refractivity contribution is 6.07. The number of fused-ring (bicyclic) bond motifs is 1. The molecule has 0 N–H and O–H groups in total. The molecule has 2 heteroatoms. The third-order valence-electron chi connectivity index (χ3n) is 5.06. The van der Waals surface area contributed by atoms with Crippen molar-refractivity contribution in [3.8, 4) is 0 Å². The number of carbonyl (C=O) groups excluding carboxylic acids is 1. The van der Waals surface area contributed by atoms with Crippen molar-refractivity contribution in [1.82, 2.24) is 0 Å². The maximum absolute atomic E-state index is 13.0. The molecule has 2 aromatic carbocycles. The van der Waals surface area contributed by atoms with Crippen molar-refractivity contribution in [2.45, 2.75) is 44.3 Å². The minimum Gasteiger partial charge on any atom is -0.352 e. The van der Waals surface area contributed by atoms with E-state index in [4.69, 9.17) is 4.74 Å². The first-order valence-corrected chi connectivity index (χ1v) is 7.83. The third kappa shape index (κ3) is 1.80. The lowest BCUT2D eigenvalue weighted by Crippen LogP contribution is -2.40. The van der Waals surface area contributed by atoms with Crippen LogP contribution in [0, 0.1) is 6.92 Å². The lowest BCUT2D eigenvalue weighted by molar-refractivity contribution is 0.0812. The van der Waals surface area contributed by atoms with Crippen LogP contribution >= 0.6 is 0 Å². The van der Waals surface area contributed by atoms with Gasteiger partial charge >= 0.3 is 0 Å². The molecule has 2 atom stereocenters. The summed E-state index contributed by atoms with van der Waals surface area (Å²) in [5.41, 5.74) is 3.59. The summed E-state index contributed by atoms with van der Waals surface area (Å²) in [5, 5.41) is 0. The monoisotopic (exact) mass is 292 g/mol. The topological polar surface area (TPSA) is 29.6 Å². The van der Waals surface area contributed by atoms with Crippen LogP contribution in [0.15, 0.2) is 48.5 Å². The van der Waals surface area contributed by atoms with Gasteiger partial charge in [-0.05, 0) is 29.9 Å². The van der Waals surface area contributed by atoms with Gasteiger partial charge in [0.1, 0.15) is 6.10 Å². The first kappa shape index (κ1) is 13.7. The van der Waals surface area contributed by atoms with Crippen molar-refractivity contribution >= 4 is 5.78 Å². The van der Waals surface area contributed by atoms with Gasteiger partial charge in [0.15, 0.2) is 11.4 Å². The Morgan fingerprint density at radius 3 is 2.45 bits per heavy atom. The Morgan fingerprint density at radius 1 is 1.05 bits per heavy atom. The number of rotatable bonds is 1. The summed E-state index contributed by atoms with van der Waals surface area (Å²) in [7, 11) is 0. The predicted molar refractivity (Wildman–Crippen MR) is 86.2 cm³/mol. The van der Waals surface area contributed by atoms with Crippen molar-refractivity contribution in [3.05, 3.63) is 70.8 Å². The third-order valence-corrected chi connectivity index (χ3v) is 5.06. The molecule has 2 nitrogen and oxygen atoms in total. The van der Waals surface area contributed by atoms with E-state index in [0.717, 1.165) is 23.1 Å². The Morgan fingerprint density at radius 2 is 1.73 bits per heavy atom. The summed E-state index contributed by atoms with van der Waals surface area (Å²) in [4.78, 5) is 13.0. The minimum absolute atomic E-state index is 0.0516. The zero-order valence-corrected chi connectivity index (χ0v) is 13.2. The van der Waals surface area contributed by atoms with Crippen LogP contribution in [-0.4, -0.2) is 11.4 Å². The molecule has 0 bridgehead atoms. The molecule has 0 saturated carbocycles. The van der Waals surface area contributed by atoms with Crippen LogP contribution < -0.4 is 0 Å². The van der Waals surface area contributed by atoms with E-state index in [0.29, 0.717) is 0 Å². The largest absolute Gasteiger partial charge is 0.352 e. The molecular formula is C20H20O2. The normalized spacial score (nSPS) is 28.5. The van der Waals surface area contributed by atoms with Crippen LogP contribution in [0.3, 0.4) is 0 Å². The predicted octanol–water partition coefficient (Wildman–Crippen LogP) is 4.37. The molecule has 1 fully saturated rings. The van der Waals surface area contributed by atoms with Gasteiger partial charge in [0.05, 0.1) is 0 Å². The second kappa shape index (κ2) is 4.30. The molecule has 2 unspecified atom stereocenters. The summed E-state index contributed by atoms with van der Waals surface area (Å²) in [6, 6.07) is 16.3. The van der Waals surface area contributed by atoms with Gasteiger partial charge in [-0.2, -0.15) is 0 Å². The zero-order valence-electron chi connectivity index (χ0n) is 13.2. The highest BCUT2D eigenvalue weighted by atomic mass is 16.6. The Bertz CT molecular complexity index is 758. The molecule has 22 heavy (non-hydrogen) atoms. The Balaban J connectivity index is 1.76. The van der Waals surface area contributed by atoms with E-state index in [1.165, 1.54) is 5.56 Å². The van der Waals surface area contributed by atoms with Gasteiger partial charge in [0, 0.05) is 5.56 Å². The summed E-state index contributed by atoms with van der Waals surface area (Å²) in [6.45, 7) is 6.47. The SMILES string of the molecule is Cc1ccc(C2OC23CC(C)(C)c2ccccc2C3=O)cc1. The van der Waals surface area contributed by atoms with Crippen LogP contribution in [0.5, 0.6) is 0 Å². The number of hydrogen-bond donors (Lipinski definition) is 0. The molecule has 1 aliphatic heterocycles. The lowest BCUT2D eigenvalue weighted by Gasteiger charge is -2.35. The fourth-order valence-electron chi connectivity index (χ4n) is 3.89. The van der Waals surface area contributed by atoms with E-state index < -0.39 is 5.60 Å². The van der Waals surface area contributed by atoms with E-state index in [1.54, 1.807) is 0 Å². The molecular weight excluding hydrogens is 272 g/mol. The number of ketones is 1. The van der Waals surface area contributed by atoms with Crippen LogP contribution in [0.4, 0.5) is 0 Å². The molecule has 112 valence electrons. The number of hydrogen-bond acceptors (Lipinski definition) is 2. The Labute approximate surface area is 131 Å². The van der Waals surface area contributed by atoms with Gasteiger partial charge < -0.3 is 4.74 Å². The van der Waals surface area contributed by atoms with Gasteiger partial charge in [-0.25, -0.2) is 0 Å². The second-order valence-corrected chi connectivity index (χ2v) is 7.23. The number of epoxide rings is 1. The summed E-state index contributed by atoms with van der Waals surface area (Å²) in [6.07, 6.45) is 0.641. The Hall–Kier alpha value is -1.93. The molecule has 4 rings (SSSR count). The summed E-state index contributed by atoms with van der Waals surface area (Å²) >= 11 is 0. The standard InChI is InChI=1S/C20H20O2/c1-13-8-10-14(11-9-13)18-20(22-18)12-19(2,3)16-7-5-4-6-15(16)17(20)21/h4-11,18H,12H2,1-3H3. The zero-order chi connectivity index (χ0) is 15.5. The van der Waals surface area contributed by atoms with Gasteiger partial charge in [0.25, 0.3) is 0 Å². The average molecular weight is 292 g/mol.